The number of hydrogen-bond acceptors (Lipinski definition) is 3. The van der Waals surface area contributed by atoms with Gasteiger partial charge in [-0.3, -0.25) is 4.90 Å². The first-order chi connectivity index (χ1) is 13.2. The molecule has 3 aromatic rings. The van der Waals surface area contributed by atoms with Gasteiger partial charge >= 0.3 is 0 Å². The maximum absolute atomic E-state index is 9.10. The molecule has 0 aliphatic carbocycles. The molecule has 1 aliphatic heterocycles. The molecule has 1 fully saturated rings. The molecule has 0 aromatic heterocycles. The minimum Gasteiger partial charge on any atom is -0.492 e. The van der Waals surface area contributed by atoms with Gasteiger partial charge in [-0.25, -0.2) is 0 Å². The van der Waals surface area contributed by atoms with Crippen LogP contribution < -0.4 is 4.74 Å². The van der Waals surface area contributed by atoms with Crippen LogP contribution in [0.3, 0.4) is 0 Å². The molecule has 1 heterocycles. The predicted octanol–water partition coefficient (Wildman–Crippen LogP) is 5.24. The molecule has 0 saturated carbocycles. The highest BCUT2D eigenvalue weighted by Crippen LogP contribution is 2.27. The zero-order valence-electron chi connectivity index (χ0n) is 15.7. The van der Waals surface area contributed by atoms with Gasteiger partial charge in [-0.15, -0.1) is 0 Å². The van der Waals surface area contributed by atoms with Crippen molar-refractivity contribution in [3.63, 3.8) is 0 Å². The van der Waals surface area contributed by atoms with Crippen LogP contribution >= 0.6 is 0 Å². The molecule has 0 spiro atoms. The minimum absolute atomic E-state index is 0.683. The zero-order chi connectivity index (χ0) is 18.6. The van der Waals surface area contributed by atoms with E-state index >= 15 is 0 Å². The van der Waals surface area contributed by atoms with E-state index in [2.05, 4.69) is 48.2 Å². The van der Waals surface area contributed by atoms with Crippen molar-refractivity contribution in [2.24, 2.45) is 0 Å². The number of nitriles is 1. The summed E-state index contributed by atoms with van der Waals surface area (Å²) in [6.07, 6.45) is 2.60. The molecule has 136 valence electrons. The fraction of sp³-hybridized carbons (Fsp3) is 0.292. The van der Waals surface area contributed by atoms with Crippen molar-refractivity contribution < 1.29 is 4.74 Å². The highest BCUT2D eigenvalue weighted by atomic mass is 16.5. The molecule has 0 bridgehead atoms. The van der Waals surface area contributed by atoms with Crippen LogP contribution in [0.1, 0.15) is 25.3 Å². The molecule has 0 N–H and O–H groups in total. The lowest BCUT2D eigenvalue weighted by Gasteiger charge is -2.20. The van der Waals surface area contributed by atoms with E-state index in [0.717, 1.165) is 30.0 Å². The summed E-state index contributed by atoms with van der Waals surface area (Å²) >= 11 is 0. The van der Waals surface area contributed by atoms with Gasteiger partial charge in [0.1, 0.15) is 12.4 Å². The summed E-state index contributed by atoms with van der Waals surface area (Å²) in [6, 6.07) is 23.3. The summed E-state index contributed by atoms with van der Waals surface area (Å²) in [5, 5.41) is 11.4. The third kappa shape index (κ3) is 3.97. The van der Waals surface area contributed by atoms with E-state index in [4.69, 9.17) is 10.00 Å². The summed E-state index contributed by atoms with van der Waals surface area (Å²) in [5.74, 6) is 0.925. The second-order valence-corrected chi connectivity index (χ2v) is 7.29. The van der Waals surface area contributed by atoms with Crippen LogP contribution in [0.25, 0.3) is 21.9 Å². The normalized spacial score (nSPS) is 17.1. The number of ether oxygens (including phenoxy) is 1. The van der Waals surface area contributed by atoms with E-state index in [1.165, 1.54) is 30.2 Å². The van der Waals surface area contributed by atoms with Gasteiger partial charge in [0.2, 0.25) is 0 Å². The van der Waals surface area contributed by atoms with E-state index in [9.17, 15) is 0 Å². The Hall–Kier alpha value is -2.83. The van der Waals surface area contributed by atoms with Crippen molar-refractivity contribution in [3.8, 4) is 22.9 Å². The van der Waals surface area contributed by atoms with Crippen LogP contribution in [-0.2, 0) is 0 Å². The third-order valence-electron chi connectivity index (χ3n) is 5.47. The number of benzene rings is 3. The van der Waals surface area contributed by atoms with E-state index in [-0.39, 0.29) is 0 Å². The quantitative estimate of drug-likeness (QED) is 0.627. The molecule has 0 unspecified atom stereocenters. The van der Waals surface area contributed by atoms with Gasteiger partial charge in [-0.1, -0.05) is 30.3 Å². The van der Waals surface area contributed by atoms with Crippen LogP contribution in [0.5, 0.6) is 5.75 Å². The summed E-state index contributed by atoms with van der Waals surface area (Å²) in [4.78, 5) is 2.50. The van der Waals surface area contributed by atoms with Gasteiger partial charge in [0, 0.05) is 12.6 Å². The van der Waals surface area contributed by atoms with Crippen LogP contribution in [0.2, 0.25) is 0 Å². The average Bonchev–Trinajstić information content (AvgIpc) is 3.12. The summed E-state index contributed by atoms with van der Waals surface area (Å²) in [5.41, 5.74) is 2.87. The number of rotatable bonds is 5. The smallest absolute Gasteiger partial charge is 0.120 e. The second kappa shape index (κ2) is 7.82. The van der Waals surface area contributed by atoms with Crippen molar-refractivity contribution in [2.75, 3.05) is 19.7 Å². The highest BCUT2D eigenvalue weighted by molar-refractivity contribution is 5.88. The molecule has 1 atom stereocenters. The summed E-state index contributed by atoms with van der Waals surface area (Å²) in [6.45, 7) is 5.22. The summed E-state index contributed by atoms with van der Waals surface area (Å²) in [7, 11) is 0. The molecule has 1 aliphatic rings. The standard InChI is InChI=1S/C24H24N2O/c1-18-4-3-11-26(18)12-13-27-24-10-9-22-15-21(7-8-23(22)16-24)20-6-2-5-19(14-20)17-25/h2,5-10,14-16,18H,3-4,11-13H2,1H3/t18-/m0/s1. The first-order valence-corrected chi connectivity index (χ1v) is 9.64. The van der Waals surface area contributed by atoms with Gasteiger partial charge in [-0.05, 0) is 78.5 Å². The topological polar surface area (TPSA) is 36.3 Å². The molecule has 3 nitrogen and oxygen atoms in total. The van der Waals surface area contributed by atoms with Gasteiger partial charge in [0.15, 0.2) is 0 Å². The molecule has 27 heavy (non-hydrogen) atoms. The number of nitrogens with zero attached hydrogens (tertiary/aromatic N) is 2. The molecule has 0 radical (unpaired) electrons. The first kappa shape index (κ1) is 17.6. The minimum atomic E-state index is 0.683. The fourth-order valence-electron chi connectivity index (χ4n) is 3.87. The SMILES string of the molecule is C[C@H]1CCCN1CCOc1ccc2cc(-c3cccc(C#N)c3)ccc2c1. The molecule has 4 rings (SSSR count). The molecule has 3 aromatic carbocycles. The number of hydrogen-bond donors (Lipinski definition) is 0. The largest absolute Gasteiger partial charge is 0.492 e. The van der Waals surface area contributed by atoms with Gasteiger partial charge in [-0.2, -0.15) is 5.26 Å². The third-order valence-corrected chi connectivity index (χ3v) is 5.47. The van der Waals surface area contributed by atoms with Crippen molar-refractivity contribution in [1.82, 2.24) is 4.90 Å². The lowest BCUT2D eigenvalue weighted by molar-refractivity contribution is 0.205. The Morgan fingerprint density at radius 3 is 2.67 bits per heavy atom. The summed E-state index contributed by atoms with van der Waals surface area (Å²) < 4.78 is 5.99. The molecule has 1 saturated heterocycles. The van der Waals surface area contributed by atoms with Crippen LogP contribution in [0.4, 0.5) is 0 Å². The highest BCUT2D eigenvalue weighted by Gasteiger charge is 2.19. The Labute approximate surface area is 160 Å². The van der Waals surface area contributed by atoms with Crippen molar-refractivity contribution in [2.45, 2.75) is 25.8 Å². The van der Waals surface area contributed by atoms with Crippen LogP contribution in [0.15, 0.2) is 60.7 Å². The Kier molecular flexibility index (Phi) is 5.09. The number of likely N-dealkylation sites (tertiary alicyclic amines) is 1. The van der Waals surface area contributed by atoms with E-state index < -0.39 is 0 Å². The molecule has 3 heteroatoms. The average molecular weight is 356 g/mol. The zero-order valence-corrected chi connectivity index (χ0v) is 15.7. The lowest BCUT2D eigenvalue weighted by atomic mass is 10.00. The Bertz CT molecular complexity index is 989. The Morgan fingerprint density at radius 1 is 1.04 bits per heavy atom. The van der Waals surface area contributed by atoms with Gasteiger partial charge in [0.05, 0.1) is 11.6 Å². The second-order valence-electron chi connectivity index (χ2n) is 7.29. The maximum Gasteiger partial charge on any atom is 0.120 e. The Morgan fingerprint density at radius 2 is 1.85 bits per heavy atom. The predicted molar refractivity (Wildman–Crippen MR) is 110 cm³/mol. The van der Waals surface area contributed by atoms with E-state index in [1.807, 2.05) is 30.3 Å². The monoisotopic (exact) mass is 356 g/mol. The van der Waals surface area contributed by atoms with Crippen LogP contribution in [0, 0.1) is 11.3 Å². The molecular formula is C24H24N2O. The van der Waals surface area contributed by atoms with E-state index in [1.54, 1.807) is 0 Å². The van der Waals surface area contributed by atoms with Gasteiger partial charge in [0.25, 0.3) is 0 Å². The first-order valence-electron chi connectivity index (χ1n) is 9.64. The van der Waals surface area contributed by atoms with Gasteiger partial charge < -0.3 is 4.74 Å². The van der Waals surface area contributed by atoms with Crippen molar-refractivity contribution >= 4 is 10.8 Å². The van der Waals surface area contributed by atoms with Crippen molar-refractivity contribution in [3.05, 3.63) is 66.2 Å². The number of fused-ring (bicyclic) bond motifs is 1. The van der Waals surface area contributed by atoms with Crippen LogP contribution in [-0.4, -0.2) is 30.6 Å². The fourth-order valence-corrected chi connectivity index (χ4v) is 3.87. The van der Waals surface area contributed by atoms with Crippen molar-refractivity contribution in [1.29, 1.82) is 5.26 Å². The molecule has 0 amide bonds. The van der Waals surface area contributed by atoms with E-state index in [0.29, 0.717) is 11.6 Å². The molecular weight excluding hydrogens is 332 g/mol. The lowest BCUT2D eigenvalue weighted by Crippen LogP contribution is -2.31. The maximum atomic E-state index is 9.10. The Balaban J connectivity index is 1.47.